The number of hydrogen-bond acceptors (Lipinski definition) is 0. The fraction of sp³-hybridized carbons (Fsp3) is 0. The molecule has 0 saturated carbocycles. The maximum absolute atomic E-state index is 0. The summed E-state index contributed by atoms with van der Waals surface area (Å²) in [6.45, 7) is 0. The van der Waals surface area contributed by atoms with Crippen molar-refractivity contribution in [2.45, 2.75) is 0 Å². The minimum atomic E-state index is 0. The Hall–Kier alpha value is -0.480. The Morgan fingerprint density at radius 1 is 0.167 bits per heavy atom. The van der Waals surface area contributed by atoms with Gasteiger partial charge >= 0.3 is 0 Å². The third-order valence-corrected chi connectivity index (χ3v) is 0. The van der Waals surface area contributed by atoms with Crippen molar-refractivity contribution in [2.24, 2.45) is 0 Å². The molecule has 0 aromatic heterocycles. The molecule has 0 spiro atoms. The highest BCUT2D eigenvalue weighted by molar-refractivity contribution is 0.835. The summed E-state index contributed by atoms with van der Waals surface area (Å²) in [5, 5.41) is 0. The van der Waals surface area contributed by atoms with E-state index in [-0.39, 0.29) is 67.1 Å². The molecule has 0 aliphatic rings. The summed E-state index contributed by atoms with van der Waals surface area (Å²) in [4.78, 5) is 0. The zero-order valence-electron chi connectivity index (χ0n) is 6.00. The van der Waals surface area contributed by atoms with Crippen molar-refractivity contribution >= 4 is 0 Å². The molecule has 0 radical (unpaired) electrons. The van der Waals surface area contributed by atoms with Gasteiger partial charge in [0.25, 0.3) is 0 Å². The average Bonchev–Trinajstić information content (AvgIpc) is 0. The first kappa shape index (κ1) is 5530. The van der Waals surface area contributed by atoms with Gasteiger partial charge in [0, 0.05) is 1.43 Å². The second-order valence-electron chi connectivity index (χ2n) is 0. The molecular formula is H26O12. The summed E-state index contributed by atoms with van der Waals surface area (Å²) in [6.07, 6.45) is 0. The van der Waals surface area contributed by atoms with E-state index in [1.807, 2.05) is 0 Å². The van der Waals surface area contributed by atoms with Gasteiger partial charge in [0.1, 0.15) is 0 Å². The zero-order valence-corrected chi connectivity index (χ0v) is 6.00. The second-order valence-corrected chi connectivity index (χ2v) is 0. The fourth-order valence-electron chi connectivity index (χ4n) is 0. The molecular weight excluding hydrogens is 192 g/mol. The van der Waals surface area contributed by atoms with E-state index < -0.39 is 0 Å². The van der Waals surface area contributed by atoms with Gasteiger partial charge in [0.2, 0.25) is 0 Å². The van der Waals surface area contributed by atoms with E-state index in [1.54, 1.807) is 0 Å². The number of hydrogen-bond donors (Lipinski definition) is 0. The van der Waals surface area contributed by atoms with Crippen LogP contribution in [0.15, 0.2) is 0 Å². The lowest BCUT2D eigenvalue weighted by Crippen LogP contribution is -0.290. The summed E-state index contributed by atoms with van der Waals surface area (Å²) >= 11 is 0. The highest BCUT2D eigenvalue weighted by atomic mass is 16.0. The first-order chi connectivity index (χ1) is 0. The van der Waals surface area contributed by atoms with Gasteiger partial charge in [-0.25, -0.2) is 0 Å². The second kappa shape index (κ2) is 4140. The van der Waals surface area contributed by atoms with E-state index >= 15 is 0 Å². The van der Waals surface area contributed by atoms with Crippen molar-refractivity contribution in [2.75, 3.05) is 0 Å². The van der Waals surface area contributed by atoms with Crippen molar-refractivity contribution in [3.05, 3.63) is 0 Å². The van der Waals surface area contributed by atoms with Crippen LogP contribution in [0.3, 0.4) is 0 Å². The van der Waals surface area contributed by atoms with Crippen LogP contribution in [0.2, 0.25) is 0 Å². The molecule has 0 aromatic rings. The first-order valence-electron chi connectivity index (χ1n) is 0. The Labute approximate surface area is 68.6 Å². The van der Waals surface area contributed by atoms with Crippen LogP contribution in [0.4, 0.5) is 0 Å². The molecule has 12 heteroatoms. The highest BCUT2D eigenvalue weighted by Crippen LogP contribution is -0.278. The van der Waals surface area contributed by atoms with Crippen LogP contribution < -0.4 is 0 Å². The Bertz CT molecular complexity index is 5.09. The van der Waals surface area contributed by atoms with E-state index in [9.17, 15) is 0 Å². The van der Waals surface area contributed by atoms with Crippen LogP contribution in [0.5, 0.6) is 0 Å². The molecule has 0 aromatic carbocycles. The van der Waals surface area contributed by atoms with Crippen LogP contribution in [-0.4, -0.2) is 65.7 Å². The van der Waals surface area contributed by atoms with Crippen molar-refractivity contribution < 1.29 is 67.1 Å². The molecule has 0 aliphatic heterocycles. The molecule has 0 saturated heterocycles. The van der Waals surface area contributed by atoms with Crippen molar-refractivity contribution in [3.63, 3.8) is 0 Å². The highest BCUT2D eigenvalue weighted by Gasteiger charge is -0.401. The Balaban J connectivity index is 0. The van der Waals surface area contributed by atoms with E-state index in [1.165, 1.54) is 0 Å². The molecule has 12 heavy (non-hydrogen) atoms. The predicted octanol–water partition coefficient (Wildman–Crippen LogP) is -9.65. The monoisotopic (exact) mass is 218 g/mol. The lowest BCUT2D eigenvalue weighted by molar-refractivity contribution is 0.823. The molecule has 0 rings (SSSR count). The standard InChI is InChI=1S/12H2O.H2/h12*1H2;1H. The Kier molecular flexibility index (Phi) is 1910000. The lowest BCUT2D eigenvalue weighted by Gasteiger charge is -0.413. The predicted molar refractivity (Wildman–Crippen MR) is 45.5 cm³/mol. The van der Waals surface area contributed by atoms with Gasteiger partial charge < -0.3 is 65.7 Å². The van der Waals surface area contributed by atoms with Gasteiger partial charge in [-0.15, -0.1) is 0 Å². The molecule has 0 amide bonds. The summed E-state index contributed by atoms with van der Waals surface area (Å²) in [5.41, 5.74) is 0. The van der Waals surface area contributed by atoms with Crippen LogP contribution in [-0.2, 0) is 0 Å². The van der Waals surface area contributed by atoms with Gasteiger partial charge in [0.15, 0.2) is 0 Å². The summed E-state index contributed by atoms with van der Waals surface area (Å²) in [7, 11) is 0. The maximum atomic E-state index is 0. The number of rotatable bonds is 0. The third kappa shape index (κ3) is 3000. The molecule has 12 nitrogen and oxygen atoms in total. The fourth-order valence-corrected chi connectivity index (χ4v) is 0. The van der Waals surface area contributed by atoms with Crippen molar-refractivity contribution in [1.29, 1.82) is 0 Å². The largest absolute Gasteiger partial charge is 0.412 e. The van der Waals surface area contributed by atoms with Gasteiger partial charge in [-0.05, 0) is 0 Å². The van der Waals surface area contributed by atoms with E-state index in [2.05, 4.69) is 0 Å². The van der Waals surface area contributed by atoms with Crippen LogP contribution >= 0.6 is 0 Å². The third-order valence-electron chi connectivity index (χ3n) is 0. The minimum Gasteiger partial charge on any atom is -0.412 e. The van der Waals surface area contributed by atoms with Crippen LogP contribution in [0, 0.1) is 0 Å². The maximum Gasteiger partial charge on any atom is 0 e. The molecule has 0 bridgehead atoms. The first-order valence-corrected chi connectivity index (χ1v) is 0. The zero-order chi connectivity index (χ0) is 0. The Morgan fingerprint density at radius 2 is 0.167 bits per heavy atom. The van der Waals surface area contributed by atoms with E-state index in [0.717, 1.165) is 0 Å². The topological polar surface area (TPSA) is 378 Å². The molecule has 0 fully saturated rings. The minimum absolute atomic E-state index is 0. The van der Waals surface area contributed by atoms with Crippen LogP contribution in [0.25, 0.3) is 0 Å². The van der Waals surface area contributed by atoms with Gasteiger partial charge in [-0.3, -0.25) is 0 Å². The summed E-state index contributed by atoms with van der Waals surface area (Å²) in [6, 6.07) is 0. The Morgan fingerprint density at radius 3 is 0.167 bits per heavy atom. The average molecular weight is 218 g/mol. The van der Waals surface area contributed by atoms with Crippen molar-refractivity contribution in [3.8, 4) is 0 Å². The smallest absolute Gasteiger partial charge is 0 e. The quantitative estimate of drug-likeness (QED) is 0.365. The summed E-state index contributed by atoms with van der Waals surface area (Å²) < 4.78 is 0. The van der Waals surface area contributed by atoms with Gasteiger partial charge in [0.05, 0.1) is 0 Å². The van der Waals surface area contributed by atoms with E-state index in [0.29, 0.717) is 0 Å². The van der Waals surface area contributed by atoms with Gasteiger partial charge in [-0.1, -0.05) is 0 Å². The molecule has 24 N–H and O–H groups in total. The molecule has 0 atom stereocenters. The summed E-state index contributed by atoms with van der Waals surface area (Å²) in [5.74, 6) is 0. The molecule has 0 unspecified atom stereocenters. The van der Waals surface area contributed by atoms with Gasteiger partial charge in [-0.2, -0.15) is 0 Å². The van der Waals surface area contributed by atoms with Crippen molar-refractivity contribution in [1.82, 2.24) is 0 Å². The molecule has 0 aliphatic carbocycles. The molecule has 0 heterocycles. The molecule has 98 valence electrons. The normalized spacial score (nSPS) is 0. The SMILES string of the molecule is O.O.O.O.O.O.O.O.O.O.O.O.[HH]. The van der Waals surface area contributed by atoms with Crippen LogP contribution in [0.1, 0.15) is 1.43 Å². The lowest BCUT2D eigenvalue weighted by atomic mass is 16.0. The van der Waals surface area contributed by atoms with E-state index in [4.69, 9.17) is 0 Å².